The Morgan fingerprint density at radius 2 is 2.15 bits per heavy atom. The summed E-state index contributed by atoms with van der Waals surface area (Å²) in [5, 5.41) is 9.33. The Hall–Kier alpha value is -1.55. The van der Waals surface area contributed by atoms with Crippen molar-refractivity contribution in [2.45, 2.75) is 26.2 Å². The number of carbonyl (C=O) groups is 1. The van der Waals surface area contributed by atoms with Crippen molar-refractivity contribution in [1.82, 2.24) is 4.98 Å². The standard InChI is InChI=1S/C16H16BrNO2/c1-9-2-5-11(7-13(9)17)14-8-12(16(19)20)15(18-14)6-10-3-4-10/h2,5,7-8,10,18H,3-4,6H2,1H3,(H,19,20). The van der Waals surface area contributed by atoms with Gasteiger partial charge in [0.15, 0.2) is 0 Å². The van der Waals surface area contributed by atoms with Crippen molar-refractivity contribution in [2.75, 3.05) is 0 Å². The fraction of sp³-hybridized carbons (Fsp3) is 0.312. The molecule has 0 radical (unpaired) electrons. The van der Waals surface area contributed by atoms with Gasteiger partial charge in [0.2, 0.25) is 0 Å². The zero-order valence-corrected chi connectivity index (χ0v) is 12.8. The molecule has 0 aliphatic heterocycles. The molecule has 0 amide bonds. The van der Waals surface area contributed by atoms with E-state index in [1.807, 2.05) is 25.1 Å². The number of carboxylic acids is 1. The van der Waals surface area contributed by atoms with Crippen LogP contribution in [0.3, 0.4) is 0 Å². The van der Waals surface area contributed by atoms with Crippen LogP contribution in [0.1, 0.15) is 34.5 Å². The molecule has 1 aromatic heterocycles. The predicted molar refractivity (Wildman–Crippen MR) is 82.1 cm³/mol. The Balaban J connectivity index is 2.00. The zero-order valence-electron chi connectivity index (χ0n) is 11.2. The third-order valence-electron chi connectivity index (χ3n) is 3.80. The van der Waals surface area contributed by atoms with Crippen molar-refractivity contribution < 1.29 is 9.90 Å². The Morgan fingerprint density at radius 3 is 2.75 bits per heavy atom. The van der Waals surface area contributed by atoms with E-state index in [1.54, 1.807) is 6.07 Å². The highest BCUT2D eigenvalue weighted by atomic mass is 79.9. The van der Waals surface area contributed by atoms with Crippen LogP contribution in [0.5, 0.6) is 0 Å². The van der Waals surface area contributed by atoms with Gasteiger partial charge in [0.25, 0.3) is 0 Å². The van der Waals surface area contributed by atoms with Crippen LogP contribution in [-0.4, -0.2) is 16.1 Å². The Morgan fingerprint density at radius 1 is 1.40 bits per heavy atom. The first kappa shape index (κ1) is 13.4. The number of halogens is 1. The van der Waals surface area contributed by atoms with E-state index in [2.05, 4.69) is 20.9 Å². The van der Waals surface area contributed by atoms with E-state index in [4.69, 9.17) is 0 Å². The SMILES string of the molecule is Cc1ccc(-c2cc(C(=O)O)c(CC3CC3)[nH]2)cc1Br. The van der Waals surface area contributed by atoms with Gasteiger partial charge in [0, 0.05) is 15.9 Å². The molecule has 0 atom stereocenters. The minimum atomic E-state index is -0.852. The third-order valence-corrected chi connectivity index (χ3v) is 4.66. The topological polar surface area (TPSA) is 53.1 Å². The smallest absolute Gasteiger partial charge is 0.337 e. The molecule has 3 nitrogen and oxygen atoms in total. The molecular weight excluding hydrogens is 318 g/mol. The summed E-state index contributed by atoms with van der Waals surface area (Å²) in [6, 6.07) is 7.81. The maximum Gasteiger partial charge on any atom is 0.337 e. The van der Waals surface area contributed by atoms with E-state index in [0.717, 1.165) is 33.4 Å². The van der Waals surface area contributed by atoms with Crippen molar-refractivity contribution in [1.29, 1.82) is 0 Å². The molecule has 1 heterocycles. The molecule has 3 rings (SSSR count). The van der Waals surface area contributed by atoms with Crippen LogP contribution in [0.2, 0.25) is 0 Å². The van der Waals surface area contributed by atoms with Gasteiger partial charge in [-0.1, -0.05) is 28.1 Å². The van der Waals surface area contributed by atoms with Crippen LogP contribution in [0.15, 0.2) is 28.7 Å². The van der Waals surface area contributed by atoms with Crippen molar-refractivity contribution >= 4 is 21.9 Å². The van der Waals surface area contributed by atoms with Crippen molar-refractivity contribution in [3.8, 4) is 11.3 Å². The molecule has 2 N–H and O–H groups in total. The van der Waals surface area contributed by atoms with Crippen LogP contribution in [0, 0.1) is 12.8 Å². The summed E-state index contributed by atoms with van der Waals surface area (Å²) in [7, 11) is 0. The first-order chi connectivity index (χ1) is 9.54. The normalized spacial score (nSPS) is 14.5. The quantitative estimate of drug-likeness (QED) is 0.870. The molecule has 0 unspecified atom stereocenters. The average molecular weight is 334 g/mol. The van der Waals surface area contributed by atoms with Gasteiger partial charge < -0.3 is 10.1 Å². The molecule has 1 saturated carbocycles. The number of aryl methyl sites for hydroxylation is 1. The van der Waals surface area contributed by atoms with Crippen LogP contribution < -0.4 is 0 Å². The monoisotopic (exact) mass is 333 g/mol. The van der Waals surface area contributed by atoms with Gasteiger partial charge in [0.1, 0.15) is 0 Å². The summed E-state index contributed by atoms with van der Waals surface area (Å²) < 4.78 is 1.03. The largest absolute Gasteiger partial charge is 0.478 e. The van der Waals surface area contributed by atoms with Crippen molar-refractivity contribution in [2.24, 2.45) is 5.92 Å². The Kier molecular flexibility index (Phi) is 3.42. The number of rotatable bonds is 4. The van der Waals surface area contributed by atoms with E-state index in [-0.39, 0.29) is 0 Å². The number of aromatic amines is 1. The zero-order chi connectivity index (χ0) is 14.3. The van der Waals surface area contributed by atoms with Gasteiger partial charge in [-0.2, -0.15) is 0 Å². The summed E-state index contributed by atoms with van der Waals surface area (Å²) in [6.45, 7) is 2.03. The van der Waals surface area contributed by atoms with Gasteiger partial charge in [-0.3, -0.25) is 0 Å². The summed E-state index contributed by atoms with van der Waals surface area (Å²) in [5.41, 5.74) is 4.30. The van der Waals surface area contributed by atoms with Gasteiger partial charge in [-0.05, 0) is 55.4 Å². The maximum atomic E-state index is 11.4. The second-order valence-corrected chi connectivity index (χ2v) is 6.35. The fourth-order valence-electron chi connectivity index (χ4n) is 2.38. The first-order valence-corrected chi connectivity index (χ1v) is 7.55. The fourth-order valence-corrected chi connectivity index (χ4v) is 2.75. The molecule has 4 heteroatoms. The molecule has 0 saturated heterocycles. The summed E-state index contributed by atoms with van der Waals surface area (Å²) >= 11 is 3.52. The number of carboxylic acid groups (broad SMARTS) is 1. The van der Waals surface area contributed by atoms with E-state index < -0.39 is 5.97 Å². The highest BCUT2D eigenvalue weighted by Crippen LogP contribution is 2.35. The first-order valence-electron chi connectivity index (χ1n) is 6.76. The summed E-state index contributed by atoms with van der Waals surface area (Å²) in [4.78, 5) is 14.7. The van der Waals surface area contributed by atoms with Gasteiger partial charge in [-0.15, -0.1) is 0 Å². The molecule has 0 spiro atoms. The lowest BCUT2D eigenvalue weighted by Gasteiger charge is -2.02. The molecule has 2 aromatic rings. The summed E-state index contributed by atoms with van der Waals surface area (Å²) in [5.74, 6) is -0.196. The minimum absolute atomic E-state index is 0.406. The molecule has 1 aromatic carbocycles. The number of aromatic carboxylic acids is 1. The van der Waals surface area contributed by atoms with E-state index in [0.29, 0.717) is 11.5 Å². The number of benzene rings is 1. The molecular formula is C16H16BrNO2. The Labute approximate surface area is 126 Å². The van der Waals surface area contributed by atoms with Gasteiger partial charge in [-0.25, -0.2) is 4.79 Å². The molecule has 104 valence electrons. The van der Waals surface area contributed by atoms with E-state index >= 15 is 0 Å². The molecule has 1 fully saturated rings. The lowest BCUT2D eigenvalue weighted by Crippen LogP contribution is -2.00. The van der Waals surface area contributed by atoms with Crippen LogP contribution in [0.25, 0.3) is 11.3 Å². The number of hydrogen-bond donors (Lipinski definition) is 2. The van der Waals surface area contributed by atoms with E-state index in [9.17, 15) is 9.90 Å². The van der Waals surface area contributed by atoms with Crippen LogP contribution >= 0.6 is 15.9 Å². The number of nitrogens with one attached hydrogen (secondary N) is 1. The van der Waals surface area contributed by atoms with Crippen molar-refractivity contribution in [3.63, 3.8) is 0 Å². The predicted octanol–water partition coefficient (Wildman–Crippen LogP) is 4.40. The molecule has 1 aliphatic rings. The second-order valence-electron chi connectivity index (χ2n) is 5.49. The lowest BCUT2D eigenvalue weighted by molar-refractivity contribution is 0.0696. The van der Waals surface area contributed by atoms with E-state index in [1.165, 1.54) is 12.8 Å². The van der Waals surface area contributed by atoms with Gasteiger partial charge in [0.05, 0.1) is 5.56 Å². The van der Waals surface area contributed by atoms with Crippen LogP contribution in [-0.2, 0) is 6.42 Å². The highest BCUT2D eigenvalue weighted by molar-refractivity contribution is 9.10. The number of hydrogen-bond acceptors (Lipinski definition) is 1. The third kappa shape index (κ3) is 2.66. The maximum absolute atomic E-state index is 11.4. The number of aromatic nitrogens is 1. The van der Waals surface area contributed by atoms with Crippen LogP contribution in [0.4, 0.5) is 0 Å². The highest BCUT2D eigenvalue weighted by Gasteiger charge is 2.25. The Bertz CT molecular complexity index is 671. The average Bonchev–Trinajstić information content (AvgIpc) is 3.10. The lowest BCUT2D eigenvalue weighted by atomic mass is 10.1. The molecule has 0 bridgehead atoms. The van der Waals surface area contributed by atoms with Gasteiger partial charge >= 0.3 is 5.97 Å². The number of H-pyrrole nitrogens is 1. The molecule has 1 aliphatic carbocycles. The second kappa shape index (κ2) is 5.09. The summed E-state index contributed by atoms with van der Waals surface area (Å²) in [6.07, 6.45) is 3.27. The minimum Gasteiger partial charge on any atom is -0.478 e. The molecule has 20 heavy (non-hydrogen) atoms. The van der Waals surface area contributed by atoms with Crippen molar-refractivity contribution in [3.05, 3.63) is 45.6 Å².